The van der Waals surface area contributed by atoms with Crippen LogP contribution in [0.5, 0.6) is 0 Å². The number of aromatic nitrogens is 1. The second-order valence-electron chi connectivity index (χ2n) is 3.44. The van der Waals surface area contributed by atoms with Crippen LogP contribution in [0.2, 0.25) is 0 Å². The number of nitrogens with zero attached hydrogens (tertiary/aromatic N) is 1. The third kappa shape index (κ3) is 2.69. The van der Waals surface area contributed by atoms with Crippen molar-refractivity contribution in [1.29, 1.82) is 0 Å². The van der Waals surface area contributed by atoms with Gasteiger partial charge in [0.25, 0.3) is 0 Å². The van der Waals surface area contributed by atoms with Crippen molar-refractivity contribution < 1.29 is 0 Å². The highest BCUT2D eigenvalue weighted by molar-refractivity contribution is 8.00. The van der Waals surface area contributed by atoms with Crippen molar-refractivity contribution in [2.45, 2.75) is 31.2 Å². The fourth-order valence-electron chi connectivity index (χ4n) is 1.53. The molecule has 0 spiro atoms. The monoisotopic (exact) mass is 214 g/mol. The number of rotatable bonds is 3. The van der Waals surface area contributed by atoms with Gasteiger partial charge in [0, 0.05) is 29.0 Å². The molecule has 2 unspecified atom stereocenters. The highest BCUT2D eigenvalue weighted by Crippen LogP contribution is 2.25. The minimum atomic E-state index is 0.696. The van der Waals surface area contributed by atoms with Gasteiger partial charge in [0.05, 0.1) is 11.2 Å². The van der Waals surface area contributed by atoms with E-state index in [1.807, 2.05) is 5.51 Å². The van der Waals surface area contributed by atoms with E-state index in [0.29, 0.717) is 6.04 Å². The van der Waals surface area contributed by atoms with Gasteiger partial charge in [-0.1, -0.05) is 6.92 Å². The lowest BCUT2D eigenvalue weighted by Gasteiger charge is -2.09. The molecule has 2 nitrogen and oxygen atoms in total. The van der Waals surface area contributed by atoms with Crippen LogP contribution in [0.3, 0.4) is 0 Å². The average molecular weight is 214 g/mol. The van der Waals surface area contributed by atoms with Crippen LogP contribution in [0.4, 0.5) is 0 Å². The molecule has 1 N–H and O–H groups in total. The van der Waals surface area contributed by atoms with Gasteiger partial charge >= 0.3 is 0 Å². The molecule has 72 valence electrons. The van der Waals surface area contributed by atoms with Crippen LogP contribution in [0, 0.1) is 0 Å². The highest BCUT2D eigenvalue weighted by atomic mass is 32.2. The smallest absolute Gasteiger partial charge is 0.0795 e. The van der Waals surface area contributed by atoms with Gasteiger partial charge < -0.3 is 5.32 Å². The Kier molecular flexibility index (Phi) is 3.24. The van der Waals surface area contributed by atoms with Crippen molar-refractivity contribution >= 4 is 23.1 Å². The molecule has 0 amide bonds. The molecular formula is C9H14N2S2. The number of hydrogen-bond acceptors (Lipinski definition) is 4. The quantitative estimate of drug-likeness (QED) is 0.834. The van der Waals surface area contributed by atoms with Gasteiger partial charge in [0.1, 0.15) is 0 Å². The standard InChI is InChI=1S/C9H14N2S2/c1-7-2-8(5-13-7)10-3-9-4-12-6-11-9/h4,6-8,10H,2-3,5H2,1H3. The number of thiazole rings is 1. The highest BCUT2D eigenvalue weighted by Gasteiger charge is 2.20. The molecule has 2 rings (SSSR count). The van der Waals surface area contributed by atoms with Gasteiger partial charge in [-0.05, 0) is 6.42 Å². The third-order valence-electron chi connectivity index (χ3n) is 2.25. The molecular weight excluding hydrogens is 200 g/mol. The van der Waals surface area contributed by atoms with Crippen LogP contribution in [0.15, 0.2) is 10.9 Å². The second-order valence-corrected chi connectivity index (χ2v) is 5.63. The zero-order chi connectivity index (χ0) is 9.10. The molecule has 1 fully saturated rings. The fraction of sp³-hybridized carbons (Fsp3) is 0.667. The Morgan fingerprint density at radius 3 is 3.23 bits per heavy atom. The van der Waals surface area contributed by atoms with Gasteiger partial charge in [-0.15, -0.1) is 11.3 Å². The Hall–Kier alpha value is -0.0600. The average Bonchev–Trinajstić information content (AvgIpc) is 2.71. The van der Waals surface area contributed by atoms with E-state index < -0.39 is 0 Å². The molecule has 1 aromatic rings. The number of nitrogens with one attached hydrogen (secondary N) is 1. The van der Waals surface area contributed by atoms with Crippen LogP contribution in [0.25, 0.3) is 0 Å². The summed E-state index contributed by atoms with van der Waals surface area (Å²) < 4.78 is 0. The van der Waals surface area contributed by atoms with Crippen LogP contribution in [0.1, 0.15) is 19.0 Å². The molecule has 0 bridgehead atoms. The van der Waals surface area contributed by atoms with E-state index in [-0.39, 0.29) is 0 Å². The molecule has 1 aromatic heterocycles. The summed E-state index contributed by atoms with van der Waals surface area (Å²) in [7, 11) is 0. The first kappa shape index (κ1) is 9.49. The SMILES string of the molecule is CC1CC(NCc2cscn2)CS1. The Morgan fingerprint density at radius 2 is 2.62 bits per heavy atom. The predicted octanol–water partition coefficient (Wildman–Crippen LogP) is 2.13. The Labute approximate surface area is 87.1 Å². The van der Waals surface area contributed by atoms with Crippen LogP contribution in [-0.2, 0) is 6.54 Å². The van der Waals surface area contributed by atoms with E-state index in [9.17, 15) is 0 Å². The summed E-state index contributed by atoms with van der Waals surface area (Å²) in [5.74, 6) is 1.26. The molecule has 2 atom stereocenters. The Balaban J connectivity index is 1.74. The normalized spacial score (nSPS) is 28.1. The van der Waals surface area contributed by atoms with E-state index in [0.717, 1.165) is 11.8 Å². The Bertz CT molecular complexity index is 248. The topological polar surface area (TPSA) is 24.9 Å². The van der Waals surface area contributed by atoms with Crippen LogP contribution in [-0.4, -0.2) is 22.0 Å². The molecule has 13 heavy (non-hydrogen) atoms. The van der Waals surface area contributed by atoms with Gasteiger partial charge in [-0.25, -0.2) is 4.98 Å². The van der Waals surface area contributed by atoms with Crippen molar-refractivity contribution in [3.05, 3.63) is 16.6 Å². The summed E-state index contributed by atoms with van der Waals surface area (Å²) in [6, 6.07) is 0.696. The van der Waals surface area contributed by atoms with Gasteiger partial charge in [-0.3, -0.25) is 0 Å². The maximum absolute atomic E-state index is 4.25. The summed E-state index contributed by atoms with van der Waals surface area (Å²) in [6.07, 6.45) is 1.30. The summed E-state index contributed by atoms with van der Waals surface area (Å²) in [4.78, 5) is 4.25. The van der Waals surface area contributed by atoms with Crippen molar-refractivity contribution in [3.8, 4) is 0 Å². The van der Waals surface area contributed by atoms with E-state index in [1.165, 1.54) is 17.9 Å². The minimum Gasteiger partial charge on any atom is -0.307 e. The molecule has 1 aliphatic rings. The molecule has 0 aromatic carbocycles. The summed E-state index contributed by atoms with van der Waals surface area (Å²) >= 11 is 3.73. The van der Waals surface area contributed by atoms with Crippen LogP contribution < -0.4 is 5.32 Å². The third-order valence-corrected chi connectivity index (χ3v) is 4.25. The van der Waals surface area contributed by atoms with Gasteiger partial charge in [0.2, 0.25) is 0 Å². The van der Waals surface area contributed by atoms with E-state index in [1.54, 1.807) is 11.3 Å². The first-order chi connectivity index (χ1) is 6.34. The lowest BCUT2D eigenvalue weighted by atomic mass is 10.2. The maximum atomic E-state index is 4.25. The van der Waals surface area contributed by atoms with Crippen molar-refractivity contribution in [2.75, 3.05) is 5.75 Å². The summed E-state index contributed by atoms with van der Waals surface area (Å²) in [5.41, 5.74) is 3.07. The van der Waals surface area contributed by atoms with Gasteiger partial charge in [-0.2, -0.15) is 11.8 Å². The number of hydrogen-bond donors (Lipinski definition) is 1. The molecule has 2 heterocycles. The fourth-order valence-corrected chi connectivity index (χ4v) is 3.27. The lowest BCUT2D eigenvalue weighted by molar-refractivity contribution is 0.534. The zero-order valence-electron chi connectivity index (χ0n) is 7.69. The molecule has 4 heteroatoms. The maximum Gasteiger partial charge on any atom is 0.0795 e. The van der Waals surface area contributed by atoms with Gasteiger partial charge in [0.15, 0.2) is 0 Å². The molecule has 1 aliphatic heterocycles. The minimum absolute atomic E-state index is 0.696. The molecule has 0 radical (unpaired) electrons. The van der Waals surface area contributed by atoms with Crippen LogP contribution >= 0.6 is 23.1 Å². The molecule has 0 aliphatic carbocycles. The summed E-state index contributed by atoms with van der Waals surface area (Å²) in [5, 5.41) is 6.47. The molecule has 1 saturated heterocycles. The van der Waals surface area contributed by atoms with Crippen molar-refractivity contribution in [3.63, 3.8) is 0 Å². The van der Waals surface area contributed by atoms with Crippen molar-refractivity contribution in [2.24, 2.45) is 0 Å². The first-order valence-corrected chi connectivity index (χ1v) is 6.56. The predicted molar refractivity (Wildman–Crippen MR) is 59.3 cm³/mol. The zero-order valence-corrected chi connectivity index (χ0v) is 9.33. The van der Waals surface area contributed by atoms with E-state index >= 15 is 0 Å². The lowest BCUT2D eigenvalue weighted by Crippen LogP contribution is -2.28. The first-order valence-electron chi connectivity index (χ1n) is 4.56. The summed E-state index contributed by atoms with van der Waals surface area (Å²) in [6.45, 7) is 3.23. The van der Waals surface area contributed by atoms with E-state index in [2.05, 4.69) is 34.4 Å². The molecule has 0 saturated carbocycles. The second kappa shape index (κ2) is 4.44. The number of thioether (sulfide) groups is 1. The van der Waals surface area contributed by atoms with Crippen molar-refractivity contribution in [1.82, 2.24) is 10.3 Å². The Morgan fingerprint density at radius 1 is 1.69 bits per heavy atom. The largest absolute Gasteiger partial charge is 0.307 e. The van der Waals surface area contributed by atoms with E-state index in [4.69, 9.17) is 0 Å².